The number of Topliss-reactive ketones (excluding diaryl/α,β-unsaturated/α-hetero) is 1. The topological polar surface area (TPSA) is 168 Å². The first-order valence-electron chi connectivity index (χ1n) is 14.9. The molecular formula is C28H50N4O7S. The van der Waals surface area contributed by atoms with E-state index in [1.165, 1.54) is 0 Å². The van der Waals surface area contributed by atoms with Crippen LogP contribution in [0.5, 0.6) is 0 Å². The zero-order valence-corrected chi connectivity index (χ0v) is 25.5. The highest BCUT2D eigenvalue weighted by atomic mass is 32.2. The number of aliphatic hydroxyl groups excluding tert-OH is 1. The molecule has 3 fully saturated rings. The second-order valence-electron chi connectivity index (χ2n) is 13.0. The Morgan fingerprint density at radius 3 is 2.48 bits per heavy atom. The lowest BCUT2D eigenvalue weighted by atomic mass is 9.85. The maximum absolute atomic E-state index is 13.7. The predicted octanol–water partition coefficient (Wildman–Crippen LogP) is 2.70. The van der Waals surface area contributed by atoms with Crippen LogP contribution in [0.25, 0.3) is 0 Å². The first-order valence-corrected chi connectivity index (χ1v) is 16.6. The standard InChI is InChI=1S/C28H50N4O7S/c1-5-6-17-40(37,38)31-24(35)28(29)19-27(28)15-11-9-7-8-10-13-20(30-25(36)39-26(2,3)4)23(34)32-16-12-14-21(32)22(33)18-27/h20-21,23,34H,5-19,29H2,1-4H3,(H,30,36)(H,31,35)/t20-,21-,23?,27+,28-/m0/s1. The van der Waals surface area contributed by atoms with Crippen LogP contribution in [-0.2, 0) is 24.3 Å². The fourth-order valence-electron chi connectivity index (χ4n) is 6.30. The highest BCUT2D eigenvalue weighted by Gasteiger charge is 2.70. The van der Waals surface area contributed by atoms with Gasteiger partial charge in [0.05, 0.1) is 17.8 Å². The Labute approximate surface area is 239 Å². The third-order valence-corrected chi connectivity index (χ3v) is 9.93. The summed E-state index contributed by atoms with van der Waals surface area (Å²) in [6.07, 6.45) is 6.38. The van der Waals surface area contributed by atoms with Crippen LogP contribution in [0.15, 0.2) is 0 Å². The van der Waals surface area contributed by atoms with Gasteiger partial charge in [-0.1, -0.05) is 45.4 Å². The van der Waals surface area contributed by atoms with Crippen molar-refractivity contribution in [1.29, 1.82) is 0 Å². The zero-order valence-electron chi connectivity index (χ0n) is 24.7. The van der Waals surface area contributed by atoms with Crippen LogP contribution in [0, 0.1) is 5.41 Å². The van der Waals surface area contributed by atoms with Gasteiger partial charge in [-0.25, -0.2) is 13.2 Å². The number of aliphatic hydroxyl groups is 1. The summed E-state index contributed by atoms with van der Waals surface area (Å²) >= 11 is 0. The molecular weight excluding hydrogens is 536 g/mol. The number of ether oxygens (including phenoxy) is 1. The van der Waals surface area contributed by atoms with Crippen molar-refractivity contribution in [2.24, 2.45) is 11.1 Å². The third kappa shape index (κ3) is 8.17. The van der Waals surface area contributed by atoms with Crippen LogP contribution in [0.3, 0.4) is 0 Å². The average molecular weight is 587 g/mol. The van der Waals surface area contributed by atoms with Crippen LogP contribution in [0.1, 0.15) is 111 Å². The second kappa shape index (κ2) is 13.0. The molecule has 11 nitrogen and oxygen atoms in total. The van der Waals surface area contributed by atoms with E-state index in [1.807, 2.05) is 6.92 Å². The largest absolute Gasteiger partial charge is 0.444 e. The van der Waals surface area contributed by atoms with Gasteiger partial charge in [0.15, 0.2) is 5.78 Å². The van der Waals surface area contributed by atoms with Crippen molar-refractivity contribution in [2.45, 2.75) is 141 Å². The van der Waals surface area contributed by atoms with E-state index in [0.717, 1.165) is 32.1 Å². The summed E-state index contributed by atoms with van der Waals surface area (Å²) in [4.78, 5) is 41.2. The molecule has 1 unspecified atom stereocenters. The first kappa shape index (κ1) is 32.8. The molecule has 5 atom stereocenters. The Kier molecular flexibility index (Phi) is 10.7. The molecule has 0 aromatic rings. The van der Waals surface area contributed by atoms with Gasteiger partial charge in [-0.2, -0.15) is 0 Å². The molecule has 5 N–H and O–H groups in total. The van der Waals surface area contributed by atoms with Crippen molar-refractivity contribution in [1.82, 2.24) is 14.9 Å². The Morgan fingerprint density at radius 1 is 1.12 bits per heavy atom. The molecule has 1 saturated carbocycles. The van der Waals surface area contributed by atoms with Gasteiger partial charge >= 0.3 is 6.09 Å². The highest BCUT2D eigenvalue weighted by molar-refractivity contribution is 7.90. The summed E-state index contributed by atoms with van der Waals surface area (Å²) in [5.74, 6) is -0.994. The summed E-state index contributed by atoms with van der Waals surface area (Å²) in [7, 11) is -3.80. The van der Waals surface area contributed by atoms with E-state index in [2.05, 4.69) is 10.0 Å². The Bertz CT molecular complexity index is 1030. The van der Waals surface area contributed by atoms with E-state index < -0.39 is 56.9 Å². The molecule has 2 amide bonds. The number of rotatable bonds is 6. The van der Waals surface area contributed by atoms with Gasteiger partial charge in [-0.15, -0.1) is 0 Å². The maximum Gasteiger partial charge on any atom is 0.408 e. The molecule has 0 bridgehead atoms. The maximum atomic E-state index is 13.7. The molecule has 40 heavy (non-hydrogen) atoms. The Hall–Kier alpha value is -1.76. The second-order valence-corrected chi connectivity index (χ2v) is 14.9. The Morgan fingerprint density at radius 2 is 1.80 bits per heavy atom. The fourth-order valence-corrected chi connectivity index (χ4v) is 7.53. The van der Waals surface area contributed by atoms with Gasteiger partial charge in [0.2, 0.25) is 10.0 Å². The lowest BCUT2D eigenvalue weighted by molar-refractivity contribution is -0.130. The summed E-state index contributed by atoms with van der Waals surface area (Å²) in [6, 6.07) is -1.17. The lowest BCUT2D eigenvalue weighted by Gasteiger charge is -2.35. The number of fused-ring (bicyclic) bond motifs is 1. The number of alkyl carbamates (subject to hydrolysis) is 1. The number of nitrogens with two attached hydrogens (primary N) is 1. The molecule has 3 rings (SSSR count). The van der Waals surface area contributed by atoms with Crippen molar-refractivity contribution < 1.29 is 32.6 Å². The van der Waals surface area contributed by atoms with Gasteiger partial charge in [0, 0.05) is 18.4 Å². The molecule has 3 aliphatic rings. The normalized spacial score (nSPS) is 32.6. The van der Waals surface area contributed by atoms with Gasteiger partial charge < -0.3 is 20.9 Å². The van der Waals surface area contributed by atoms with Crippen LogP contribution in [0.4, 0.5) is 4.79 Å². The number of unbranched alkanes of at least 4 members (excludes halogenated alkanes) is 1. The molecule has 0 aromatic heterocycles. The first-order chi connectivity index (χ1) is 18.6. The SMILES string of the molecule is CCCCS(=O)(=O)NC(=O)[C@@]1(N)C[C@]12CCCCCCC[C@H](NC(=O)OC(C)(C)C)C(O)N1CCC[C@H]1C(=O)C2. The van der Waals surface area contributed by atoms with Crippen molar-refractivity contribution in [2.75, 3.05) is 12.3 Å². The van der Waals surface area contributed by atoms with Gasteiger partial charge in [-0.3, -0.25) is 19.2 Å². The van der Waals surface area contributed by atoms with Crippen molar-refractivity contribution >= 4 is 27.8 Å². The van der Waals surface area contributed by atoms with E-state index >= 15 is 0 Å². The minimum Gasteiger partial charge on any atom is -0.444 e. The summed E-state index contributed by atoms with van der Waals surface area (Å²) in [5, 5.41) is 14.2. The minimum absolute atomic E-state index is 0.0456. The average Bonchev–Trinajstić information content (AvgIpc) is 3.18. The summed E-state index contributed by atoms with van der Waals surface area (Å²) in [6.45, 7) is 7.70. The molecule has 2 heterocycles. The number of hydrogen-bond donors (Lipinski definition) is 4. The lowest BCUT2D eigenvalue weighted by Crippen LogP contribution is -2.55. The van der Waals surface area contributed by atoms with Crippen LogP contribution < -0.4 is 15.8 Å². The zero-order chi connectivity index (χ0) is 29.8. The van der Waals surface area contributed by atoms with Crippen molar-refractivity contribution in [3.8, 4) is 0 Å². The number of hydrogen-bond acceptors (Lipinski definition) is 9. The molecule has 230 valence electrons. The van der Waals surface area contributed by atoms with Gasteiger partial charge in [0.1, 0.15) is 17.4 Å². The van der Waals surface area contributed by atoms with E-state index in [0.29, 0.717) is 45.1 Å². The molecule has 1 aliphatic carbocycles. The van der Waals surface area contributed by atoms with E-state index in [9.17, 15) is 27.9 Å². The quantitative estimate of drug-likeness (QED) is 0.366. The summed E-state index contributed by atoms with van der Waals surface area (Å²) < 4.78 is 32.5. The van der Waals surface area contributed by atoms with Gasteiger partial charge in [-0.05, 0) is 59.3 Å². The molecule has 0 aromatic carbocycles. The number of nitrogens with one attached hydrogen (secondary N) is 2. The molecule has 2 aliphatic heterocycles. The van der Waals surface area contributed by atoms with E-state index in [4.69, 9.17) is 10.5 Å². The molecule has 12 heteroatoms. The highest BCUT2D eigenvalue weighted by Crippen LogP contribution is 2.61. The van der Waals surface area contributed by atoms with Crippen LogP contribution in [0.2, 0.25) is 0 Å². The number of ketones is 1. The van der Waals surface area contributed by atoms with E-state index in [-0.39, 0.29) is 24.4 Å². The molecule has 0 radical (unpaired) electrons. The predicted molar refractivity (Wildman–Crippen MR) is 152 cm³/mol. The van der Waals surface area contributed by atoms with Crippen molar-refractivity contribution in [3.63, 3.8) is 0 Å². The number of carbonyl (C=O) groups excluding carboxylic acids is 3. The van der Waals surface area contributed by atoms with Gasteiger partial charge in [0.25, 0.3) is 5.91 Å². The fraction of sp³-hybridized carbons (Fsp3) is 0.893. The smallest absolute Gasteiger partial charge is 0.408 e. The number of amides is 2. The monoisotopic (exact) mass is 586 g/mol. The molecule has 2 saturated heterocycles. The van der Waals surface area contributed by atoms with Crippen molar-refractivity contribution in [3.05, 3.63) is 0 Å². The number of nitrogens with zero attached hydrogens (tertiary/aromatic N) is 1. The Balaban J connectivity index is 1.79. The molecule has 1 spiro atoms. The van der Waals surface area contributed by atoms with E-state index in [1.54, 1.807) is 25.7 Å². The third-order valence-electron chi connectivity index (χ3n) is 8.61. The minimum atomic E-state index is -3.80. The summed E-state index contributed by atoms with van der Waals surface area (Å²) in [5.41, 5.74) is 3.65. The van der Waals surface area contributed by atoms with Crippen LogP contribution >= 0.6 is 0 Å². The number of sulfonamides is 1. The number of carbonyl (C=O) groups is 3. The van der Waals surface area contributed by atoms with Crippen LogP contribution in [-0.4, -0.2) is 78.0 Å².